The smallest absolute Gasteiger partial charge is 0.258 e. The number of thiazole rings is 1. The van der Waals surface area contributed by atoms with Crippen molar-refractivity contribution in [1.29, 1.82) is 5.26 Å². The van der Waals surface area contributed by atoms with E-state index in [4.69, 9.17) is 10.2 Å². The molecule has 0 unspecified atom stereocenters. The first-order valence-electron chi connectivity index (χ1n) is 11.9. The highest BCUT2D eigenvalue weighted by Gasteiger charge is 2.28. The Hall–Kier alpha value is -4.01. The summed E-state index contributed by atoms with van der Waals surface area (Å²) in [5, 5.41) is 15.7. The summed E-state index contributed by atoms with van der Waals surface area (Å²) in [7, 11) is 0. The zero-order valence-corrected chi connectivity index (χ0v) is 20.9. The second-order valence-electron chi connectivity index (χ2n) is 8.48. The minimum absolute atomic E-state index is 0.0976. The van der Waals surface area contributed by atoms with E-state index in [2.05, 4.69) is 25.0 Å². The number of halogens is 2. The molecule has 0 atom stereocenters. The molecule has 8 nitrogen and oxygen atoms in total. The molecule has 0 amide bonds. The lowest BCUT2D eigenvalue weighted by Crippen LogP contribution is -2.48. The van der Waals surface area contributed by atoms with Gasteiger partial charge in [0.25, 0.3) is 5.78 Å². The molecule has 0 aliphatic carbocycles. The van der Waals surface area contributed by atoms with Gasteiger partial charge in [-0.25, -0.2) is 13.8 Å². The van der Waals surface area contributed by atoms with Crippen LogP contribution in [0.2, 0.25) is 0 Å². The van der Waals surface area contributed by atoms with Crippen LogP contribution < -0.4 is 4.90 Å². The van der Waals surface area contributed by atoms with Gasteiger partial charge in [0.15, 0.2) is 5.82 Å². The summed E-state index contributed by atoms with van der Waals surface area (Å²) >= 11 is 1.54. The fourth-order valence-electron chi connectivity index (χ4n) is 4.48. The van der Waals surface area contributed by atoms with E-state index in [0.29, 0.717) is 12.2 Å². The summed E-state index contributed by atoms with van der Waals surface area (Å²) in [5.74, 6) is 0.818. The molecule has 0 radical (unpaired) electrons. The Morgan fingerprint density at radius 2 is 1.57 bits per heavy atom. The number of hydrogen-bond acceptors (Lipinski definition) is 8. The van der Waals surface area contributed by atoms with Crippen molar-refractivity contribution in [3.05, 3.63) is 83.1 Å². The summed E-state index contributed by atoms with van der Waals surface area (Å²) in [4.78, 5) is 14.8. The molecule has 0 N–H and O–H groups in total. The monoisotopic (exact) mass is 518 g/mol. The third kappa shape index (κ3) is 5.12. The number of benzene rings is 2. The van der Waals surface area contributed by atoms with E-state index in [0.717, 1.165) is 53.5 Å². The van der Waals surface area contributed by atoms with Crippen LogP contribution in [-0.2, 0) is 0 Å². The Morgan fingerprint density at radius 3 is 2.14 bits per heavy atom. The lowest BCUT2D eigenvalue weighted by atomic mass is 9.96. The first kappa shape index (κ1) is 24.7. The van der Waals surface area contributed by atoms with Crippen molar-refractivity contribution in [1.82, 2.24) is 29.5 Å². The topological polar surface area (TPSA) is 86.2 Å². The fraction of sp³-hybridized carbons (Fsp3) is 0.269. The minimum atomic E-state index is -0.274. The average Bonchev–Trinajstić information content (AvgIpc) is 3.61. The van der Waals surface area contributed by atoms with Gasteiger partial charge in [0.05, 0.1) is 17.6 Å². The Kier molecular flexibility index (Phi) is 7.30. The van der Waals surface area contributed by atoms with E-state index in [-0.39, 0.29) is 17.7 Å². The number of fused-ring (bicyclic) bond motifs is 3. The van der Waals surface area contributed by atoms with E-state index >= 15 is 0 Å². The Bertz CT molecular complexity index is 1470. The van der Waals surface area contributed by atoms with Crippen molar-refractivity contribution in [3.8, 4) is 6.07 Å². The summed E-state index contributed by atoms with van der Waals surface area (Å²) < 4.78 is 29.0. The second-order valence-corrected chi connectivity index (χ2v) is 9.32. The SMILES string of the molecule is CCC#N.Fc1ccc(C(c2ccc(F)cc2)N2CCN(c3nc4nncn4c4scnc34)CC2)cc1. The maximum Gasteiger partial charge on any atom is 0.258 e. The van der Waals surface area contributed by atoms with Crippen molar-refractivity contribution >= 4 is 33.3 Å². The van der Waals surface area contributed by atoms with Gasteiger partial charge in [0.1, 0.15) is 28.3 Å². The highest BCUT2D eigenvalue weighted by molar-refractivity contribution is 7.16. The van der Waals surface area contributed by atoms with Crippen molar-refractivity contribution in [2.75, 3.05) is 31.1 Å². The summed E-state index contributed by atoms with van der Waals surface area (Å²) in [6, 6.07) is 14.9. The zero-order valence-electron chi connectivity index (χ0n) is 20.1. The van der Waals surface area contributed by atoms with Gasteiger partial charge in [0, 0.05) is 32.6 Å². The molecule has 3 aromatic heterocycles. The minimum Gasteiger partial charge on any atom is -0.352 e. The molecule has 1 aliphatic heterocycles. The maximum atomic E-state index is 13.6. The van der Waals surface area contributed by atoms with Gasteiger partial charge in [-0.2, -0.15) is 10.2 Å². The molecule has 0 saturated carbocycles. The van der Waals surface area contributed by atoms with Gasteiger partial charge >= 0.3 is 0 Å². The van der Waals surface area contributed by atoms with E-state index in [1.807, 2.05) is 22.9 Å². The van der Waals surface area contributed by atoms with Crippen molar-refractivity contribution < 1.29 is 8.78 Å². The molecule has 1 saturated heterocycles. The molecule has 0 spiro atoms. The lowest BCUT2D eigenvalue weighted by Gasteiger charge is -2.40. The Labute approximate surface area is 216 Å². The van der Waals surface area contributed by atoms with Crippen LogP contribution in [0, 0.1) is 23.0 Å². The molecular weight excluding hydrogens is 494 g/mol. The average molecular weight is 519 g/mol. The van der Waals surface area contributed by atoms with Crippen molar-refractivity contribution in [2.24, 2.45) is 0 Å². The van der Waals surface area contributed by atoms with Crippen molar-refractivity contribution in [2.45, 2.75) is 19.4 Å². The largest absolute Gasteiger partial charge is 0.352 e. The van der Waals surface area contributed by atoms with E-state index in [9.17, 15) is 8.78 Å². The van der Waals surface area contributed by atoms with Crippen LogP contribution in [0.5, 0.6) is 0 Å². The van der Waals surface area contributed by atoms with Crippen LogP contribution in [0.4, 0.5) is 14.6 Å². The van der Waals surface area contributed by atoms with E-state index < -0.39 is 0 Å². The second kappa shape index (κ2) is 10.9. The lowest BCUT2D eigenvalue weighted by molar-refractivity contribution is 0.212. The first-order valence-corrected chi connectivity index (χ1v) is 12.8. The third-order valence-corrected chi connectivity index (χ3v) is 7.05. The van der Waals surface area contributed by atoms with Gasteiger partial charge in [-0.1, -0.05) is 31.2 Å². The molecular formula is C26H24F2N8S. The zero-order chi connectivity index (χ0) is 25.8. The molecule has 6 rings (SSSR count). The molecule has 1 fully saturated rings. The molecule has 1 aliphatic rings. The van der Waals surface area contributed by atoms with Crippen LogP contribution in [0.15, 0.2) is 60.4 Å². The summed E-state index contributed by atoms with van der Waals surface area (Å²) in [6.07, 6.45) is 2.28. The molecule has 37 heavy (non-hydrogen) atoms. The number of rotatable bonds is 4. The maximum absolute atomic E-state index is 13.6. The standard InChI is InChI=1S/C23H19F2N7S.C3H5N/c24-17-5-1-15(2-6-17)20(16-3-7-18(25)8-4-16)30-9-11-31(12-10-30)21-19-22(33-14-26-19)32-13-27-29-23(32)28-21;1-2-3-4/h1-8,13-14,20H,9-12H2;2H2,1H3. The third-order valence-electron chi connectivity index (χ3n) is 6.22. The van der Waals surface area contributed by atoms with Crippen LogP contribution >= 0.6 is 11.3 Å². The van der Waals surface area contributed by atoms with Gasteiger partial charge in [-0.15, -0.1) is 21.5 Å². The van der Waals surface area contributed by atoms with E-state index in [1.165, 1.54) is 35.6 Å². The first-order chi connectivity index (χ1) is 18.1. The number of aromatic nitrogens is 5. The van der Waals surface area contributed by atoms with Gasteiger partial charge < -0.3 is 4.90 Å². The predicted molar refractivity (Wildman–Crippen MR) is 138 cm³/mol. The number of hydrogen-bond donors (Lipinski definition) is 0. The molecule has 188 valence electrons. The molecule has 0 bridgehead atoms. The van der Waals surface area contributed by atoms with Crippen LogP contribution in [0.25, 0.3) is 16.1 Å². The van der Waals surface area contributed by atoms with Crippen molar-refractivity contribution in [3.63, 3.8) is 0 Å². The number of nitrogens with zero attached hydrogens (tertiary/aromatic N) is 8. The van der Waals surface area contributed by atoms with Gasteiger partial charge in [-0.05, 0) is 35.4 Å². The van der Waals surface area contributed by atoms with E-state index in [1.54, 1.807) is 30.6 Å². The highest BCUT2D eigenvalue weighted by atomic mass is 32.1. The quantitative estimate of drug-likeness (QED) is 0.336. The fourth-order valence-corrected chi connectivity index (χ4v) is 5.23. The van der Waals surface area contributed by atoms with Gasteiger partial charge in [0.2, 0.25) is 0 Å². The predicted octanol–water partition coefficient (Wildman–Crippen LogP) is 4.84. The van der Waals surface area contributed by atoms with Gasteiger partial charge in [-0.3, -0.25) is 9.30 Å². The molecule has 5 aromatic rings. The molecule has 4 heterocycles. The normalized spacial score (nSPS) is 14.1. The summed E-state index contributed by atoms with van der Waals surface area (Å²) in [5.41, 5.74) is 4.60. The summed E-state index contributed by atoms with van der Waals surface area (Å²) in [6.45, 7) is 4.81. The van der Waals surface area contributed by atoms with Crippen LogP contribution in [0.3, 0.4) is 0 Å². The Balaban J connectivity index is 0.000000655. The Morgan fingerprint density at radius 1 is 0.973 bits per heavy atom. The number of anilines is 1. The molecule has 2 aromatic carbocycles. The molecule has 11 heteroatoms. The number of nitriles is 1. The van der Waals surface area contributed by atoms with Crippen LogP contribution in [-0.4, -0.2) is 55.6 Å². The number of piperazine rings is 1. The highest BCUT2D eigenvalue weighted by Crippen LogP contribution is 2.32. The van der Waals surface area contributed by atoms with Crippen LogP contribution in [0.1, 0.15) is 30.5 Å².